The first-order valence-electron chi connectivity index (χ1n) is 3.45. The number of carbonyl (C=O) groups is 1. The molecule has 0 fully saturated rings. The lowest BCUT2D eigenvalue weighted by Gasteiger charge is -2.05. The summed E-state index contributed by atoms with van der Waals surface area (Å²) in [6, 6.07) is 0. The van der Waals surface area contributed by atoms with Crippen LogP contribution in [0.1, 0.15) is 21.6 Å². The van der Waals surface area contributed by atoms with Crippen molar-refractivity contribution in [3.63, 3.8) is 0 Å². The molecule has 0 atom stereocenters. The fraction of sp³-hybridized carbons (Fsp3) is 0.250. The molecule has 1 amide bonds. The van der Waals surface area contributed by atoms with Gasteiger partial charge in [-0.15, -0.1) is 0 Å². The van der Waals surface area contributed by atoms with Gasteiger partial charge >= 0.3 is 0 Å². The molecule has 0 radical (unpaired) electrons. The van der Waals surface area contributed by atoms with Crippen LogP contribution in [0.3, 0.4) is 0 Å². The van der Waals surface area contributed by atoms with Crippen LogP contribution >= 0.6 is 22.6 Å². The van der Waals surface area contributed by atoms with Crippen molar-refractivity contribution in [1.82, 2.24) is 4.98 Å². The normalized spacial score (nSPS) is 9.92. The molecule has 1 rings (SSSR count). The molecule has 0 bridgehead atoms. The van der Waals surface area contributed by atoms with E-state index in [2.05, 4.69) is 27.6 Å². The quantitative estimate of drug-likeness (QED) is 0.788. The van der Waals surface area contributed by atoms with Crippen LogP contribution in [0.25, 0.3) is 0 Å². The molecule has 2 N–H and O–H groups in total. The standard InChI is InChI=1S/C8H9IN2O/c1-4-6(9)3-11-5(2)7(4)8(10)12/h3H,1-2H3,(H2,10,12). The Labute approximate surface area is 84.5 Å². The summed E-state index contributed by atoms with van der Waals surface area (Å²) in [5, 5.41) is 0. The number of nitrogens with two attached hydrogens (primary N) is 1. The molecule has 12 heavy (non-hydrogen) atoms. The molecular formula is C8H9IN2O. The molecule has 4 heteroatoms. The maximum absolute atomic E-state index is 11.0. The molecule has 0 spiro atoms. The summed E-state index contributed by atoms with van der Waals surface area (Å²) in [7, 11) is 0. The molecule has 0 aliphatic carbocycles. The number of primary amides is 1. The predicted molar refractivity (Wildman–Crippen MR) is 54.9 cm³/mol. The highest BCUT2D eigenvalue weighted by Crippen LogP contribution is 2.16. The second-order valence-corrected chi connectivity index (χ2v) is 3.72. The summed E-state index contributed by atoms with van der Waals surface area (Å²) in [5.74, 6) is -0.406. The SMILES string of the molecule is Cc1ncc(I)c(C)c1C(N)=O. The minimum atomic E-state index is -0.406. The molecule has 3 nitrogen and oxygen atoms in total. The summed E-state index contributed by atoms with van der Waals surface area (Å²) < 4.78 is 0.965. The number of halogens is 1. The van der Waals surface area contributed by atoms with E-state index >= 15 is 0 Å². The fourth-order valence-corrected chi connectivity index (χ4v) is 1.48. The monoisotopic (exact) mass is 276 g/mol. The molecule has 0 unspecified atom stereocenters. The number of hydrogen-bond acceptors (Lipinski definition) is 2. The van der Waals surface area contributed by atoms with Crippen LogP contribution in [0.2, 0.25) is 0 Å². The molecule has 1 aromatic heterocycles. The fourth-order valence-electron chi connectivity index (χ4n) is 1.07. The van der Waals surface area contributed by atoms with Crippen LogP contribution in [-0.4, -0.2) is 10.9 Å². The number of amides is 1. The zero-order chi connectivity index (χ0) is 9.30. The third-order valence-corrected chi connectivity index (χ3v) is 2.80. The van der Waals surface area contributed by atoms with Gasteiger partial charge in [0, 0.05) is 9.77 Å². The first-order chi connectivity index (χ1) is 5.54. The van der Waals surface area contributed by atoms with Crippen LogP contribution in [0, 0.1) is 17.4 Å². The minimum Gasteiger partial charge on any atom is -0.366 e. The van der Waals surface area contributed by atoms with E-state index in [0.29, 0.717) is 11.3 Å². The van der Waals surface area contributed by atoms with Crippen LogP contribution in [-0.2, 0) is 0 Å². The number of hydrogen-bond donors (Lipinski definition) is 1. The Morgan fingerprint density at radius 3 is 2.58 bits per heavy atom. The van der Waals surface area contributed by atoms with Gasteiger partial charge in [-0.1, -0.05) is 0 Å². The molecular weight excluding hydrogens is 267 g/mol. The van der Waals surface area contributed by atoms with Gasteiger partial charge in [0.05, 0.1) is 11.3 Å². The Bertz CT molecular complexity index is 336. The molecule has 0 aliphatic rings. The van der Waals surface area contributed by atoms with Gasteiger partial charge in [0.25, 0.3) is 5.91 Å². The highest BCUT2D eigenvalue weighted by Gasteiger charge is 2.11. The van der Waals surface area contributed by atoms with Crippen molar-refractivity contribution in [3.05, 3.63) is 26.6 Å². The maximum Gasteiger partial charge on any atom is 0.250 e. The van der Waals surface area contributed by atoms with Crippen LogP contribution in [0.15, 0.2) is 6.20 Å². The Kier molecular flexibility index (Phi) is 2.66. The topological polar surface area (TPSA) is 56.0 Å². The molecule has 0 saturated carbocycles. The van der Waals surface area contributed by atoms with Crippen molar-refractivity contribution in [2.24, 2.45) is 5.73 Å². The van der Waals surface area contributed by atoms with Gasteiger partial charge in [-0.05, 0) is 42.0 Å². The summed E-state index contributed by atoms with van der Waals surface area (Å²) in [6.07, 6.45) is 1.73. The first-order valence-corrected chi connectivity index (χ1v) is 4.53. The van der Waals surface area contributed by atoms with E-state index in [4.69, 9.17) is 5.73 Å². The highest BCUT2D eigenvalue weighted by molar-refractivity contribution is 14.1. The number of pyridine rings is 1. The summed E-state index contributed by atoms with van der Waals surface area (Å²) in [4.78, 5) is 15.0. The van der Waals surface area contributed by atoms with Crippen molar-refractivity contribution in [3.8, 4) is 0 Å². The van der Waals surface area contributed by atoms with E-state index in [1.807, 2.05) is 6.92 Å². The van der Waals surface area contributed by atoms with E-state index in [1.54, 1.807) is 13.1 Å². The first kappa shape index (κ1) is 9.44. The zero-order valence-electron chi connectivity index (χ0n) is 6.89. The lowest BCUT2D eigenvalue weighted by Crippen LogP contribution is -2.16. The second-order valence-electron chi connectivity index (χ2n) is 2.56. The van der Waals surface area contributed by atoms with Gasteiger partial charge in [0.1, 0.15) is 0 Å². The lowest BCUT2D eigenvalue weighted by molar-refractivity contribution is 0.0998. The van der Waals surface area contributed by atoms with Gasteiger partial charge in [-0.3, -0.25) is 9.78 Å². The molecule has 64 valence electrons. The van der Waals surface area contributed by atoms with Crippen molar-refractivity contribution in [1.29, 1.82) is 0 Å². The van der Waals surface area contributed by atoms with E-state index in [1.165, 1.54) is 0 Å². The van der Waals surface area contributed by atoms with Gasteiger partial charge in [0.15, 0.2) is 0 Å². The average Bonchev–Trinajstić information content (AvgIpc) is 1.97. The Morgan fingerprint density at radius 1 is 1.58 bits per heavy atom. The zero-order valence-corrected chi connectivity index (χ0v) is 9.05. The largest absolute Gasteiger partial charge is 0.366 e. The molecule has 0 aliphatic heterocycles. The summed E-state index contributed by atoms with van der Waals surface area (Å²) in [6.45, 7) is 3.65. The highest BCUT2D eigenvalue weighted by atomic mass is 127. The van der Waals surface area contributed by atoms with Crippen molar-refractivity contribution >= 4 is 28.5 Å². The van der Waals surface area contributed by atoms with Gasteiger partial charge in [-0.2, -0.15) is 0 Å². The number of aromatic nitrogens is 1. The van der Waals surface area contributed by atoms with Crippen LogP contribution < -0.4 is 5.73 Å². The van der Waals surface area contributed by atoms with Crippen molar-refractivity contribution in [2.45, 2.75) is 13.8 Å². The Balaban J connectivity index is 3.43. The maximum atomic E-state index is 11.0. The van der Waals surface area contributed by atoms with E-state index < -0.39 is 5.91 Å². The van der Waals surface area contributed by atoms with Crippen LogP contribution in [0.5, 0.6) is 0 Å². The number of carbonyl (C=O) groups excluding carboxylic acids is 1. The van der Waals surface area contributed by atoms with Gasteiger partial charge in [0.2, 0.25) is 0 Å². The molecule has 1 heterocycles. The van der Waals surface area contributed by atoms with E-state index in [0.717, 1.165) is 9.13 Å². The molecule has 1 aromatic rings. The lowest BCUT2D eigenvalue weighted by atomic mass is 10.1. The van der Waals surface area contributed by atoms with Crippen molar-refractivity contribution < 1.29 is 4.79 Å². The van der Waals surface area contributed by atoms with Crippen molar-refractivity contribution in [2.75, 3.05) is 0 Å². The minimum absolute atomic E-state index is 0.406. The molecule has 0 saturated heterocycles. The summed E-state index contributed by atoms with van der Waals surface area (Å²) in [5.41, 5.74) is 7.35. The summed E-state index contributed by atoms with van der Waals surface area (Å²) >= 11 is 2.13. The Morgan fingerprint density at radius 2 is 2.17 bits per heavy atom. The smallest absolute Gasteiger partial charge is 0.250 e. The van der Waals surface area contributed by atoms with Gasteiger partial charge in [-0.25, -0.2) is 0 Å². The number of rotatable bonds is 1. The predicted octanol–water partition coefficient (Wildman–Crippen LogP) is 1.40. The molecule has 0 aromatic carbocycles. The van der Waals surface area contributed by atoms with E-state index in [-0.39, 0.29) is 0 Å². The Hall–Kier alpha value is -0.650. The second kappa shape index (κ2) is 3.38. The van der Waals surface area contributed by atoms with E-state index in [9.17, 15) is 4.79 Å². The number of aryl methyl sites for hydroxylation is 1. The third-order valence-electron chi connectivity index (χ3n) is 1.71. The van der Waals surface area contributed by atoms with Crippen LogP contribution in [0.4, 0.5) is 0 Å². The average molecular weight is 276 g/mol. The third kappa shape index (κ3) is 1.57. The number of nitrogens with zero attached hydrogens (tertiary/aromatic N) is 1. The van der Waals surface area contributed by atoms with Gasteiger partial charge < -0.3 is 5.73 Å².